The summed E-state index contributed by atoms with van der Waals surface area (Å²) in [5.41, 5.74) is 3.77. The van der Waals surface area contributed by atoms with Crippen LogP contribution in [0.3, 0.4) is 0 Å². The summed E-state index contributed by atoms with van der Waals surface area (Å²) in [7, 11) is 0. The molecule has 1 aliphatic carbocycles. The third kappa shape index (κ3) is 3.41. The number of ether oxygens (including phenoxy) is 1. The molecule has 1 saturated carbocycles. The van der Waals surface area contributed by atoms with Crippen LogP contribution in [0, 0.1) is 16.0 Å². The molecule has 1 fully saturated rings. The Morgan fingerprint density at radius 3 is 2.76 bits per heavy atom. The predicted octanol–water partition coefficient (Wildman–Crippen LogP) is 2.51. The second-order valence-corrected chi connectivity index (χ2v) is 4.88. The molecule has 0 aliphatic heterocycles. The molecular formula is C12H14F3N3O3. The fraction of sp³-hybridized carbons (Fsp3) is 0.583. The highest BCUT2D eigenvalue weighted by Gasteiger charge is 2.36. The Morgan fingerprint density at radius 1 is 1.48 bits per heavy atom. The summed E-state index contributed by atoms with van der Waals surface area (Å²) < 4.78 is 43.4. The predicted molar refractivity (Wildman–Crippen MR) is 66.7 cm³/mol. The minimum absolute atomic E-state index is 0.00731. The molecular weight excluding hydrogens is 291 g/mol. The van der Waals surface area contributed by atoms with Gasteiger partial charge in [0.15, 0.2) is 0 Å². The SMILES string of the molecule is NCC1CCCC1Oc1cc(C(F)(F)F)ncc1[N+](=O)[O-]. The van der Waals surface area contributed by atoms with Gasteiger partial charge in [-0.2, -0.15) is 13.2 Å². The first-order valence-corrected chi connectivity index (χ1v) is 6.41. The van der Waals surface area contributed by atoms with Crippen LogP contribution in [0.25, 0.3) is 0 Å². The number of hydrogen-bond donors (Lipinski definition) is 1. The summed E-state index contributed by atoms with van der Waals surface area (Å²) in [6.07, 6.45) is -2.27. The van der Waals surface area contributed by atoms with Gasteiger partial charge in [-0.25, -0.2) is 4.98 Å². The lowest BCUT2D eigenvalue weighted by Crippen LogP contribution is -2.28. The number of rotatable bonds is 4. The molecule has 1 aromatic heterocycles. The van der Waals surface area contributed by atoms with Crippen molar-refractivity contribution in [2.75, 3.05) is 6.54 Å². The molecule has 0 amide bonds. The molecule has 0 saturated heterocycles. The summed E-state index contributed by atoms with van der Waals surface area (Å²) in [4.78, 5) is 13.2. The number of nitrogens with zero attached hydrogens (tertiary/aromatic N) is 2. The zero-order valence-electron chi connectivity index (χ0n) is 11.0. The number of nitrogens with two attached hydrogens (primary N) is 1. The van der Waals surface area contributed by atoms with Gasteiger partial charge in [-0.15, -0.1) is 0 Å². The highest BCUT2D eigenvalue weighted by molar-refractivity contribution is 5.45. The largest absolute Gasteiger partial charge is 0.483 e. The van der Waals surface area contributed by atoms with Crippen LogP contribution < -0.4 is 10.5 Å². The average molecular weight is 305 g/mol. The molecule has 9 heteroatoms. The molecule has 0 bridgehead atoms. The number of alkyl halides is 3. The van der Waals surface area contributed by atoms with Crippen LogP contribution in [0.1, 0.15) is 25.0 Å². The van der Waals surface area contributed by atoms with Crippen molar-refractivity contribution in [3.63, 3.8) is 0 Å². The molecule has 1 aromatic rings. The summed E-state index contributed by atoms with van der Waals surface area (Å²) >= 11 is 0. The molecule has 2 unspecified atom stereocenters. The van der Waals surface area contributed by atoms with Crippen LogP contribution in [0.2, 0.25) is 0 Å². The summed E-state index contributed by atoms with van der Waals surface area (Å²) in [6.45, 7) is 0.329. The first-order valence-electron chi connectivity index (χ1n) is 6.41. The zero-order chi connectivity index (χ0) is 15.6. The average Bonchev–Trinajstić information content (AvgIpc) is 2.84. The maximum Gasteiger partial charge on any atom is 0.433 e. The minimum atomic E-state index is -4.68. The van der Waals surface area contributed by atoms with E-state index in [1.165, 1.54) is 0 Å². The maximum atomic E-state index is 12.6. The lowest BCUT2D eigenvalue weighted by molar-refractivity contribution is -0.386. The fourth-order valence-corrected chi connectivity index (χ4v) is 2.41. The van der Waals surface area contributed by atoms with Gasteiger partial charge in [-0.05, 0) is 25.8 Å². The Labute approximate surface area is 118 Å². The van der Waals surface area contributed by atoms with Gasteiger partial charge in [-0.3, -0.25) is 10.1 Å². The molecule has 2 N–H and O–H groups in total. The number of nitro groups is 1. The topological polar surface area (TPSA) is 91.3 Å². The molecule has 0 radical (unpaired) electrons. The quantitative estimate of drug-likeness (QED) is 0.681. The molecule has 2 rings (SSSR count). The Hall–Kier alpha value is -1.90. The number of hydrogen-bond acceptors (Lipinski definition) is 5. The molecule has 1 aliphatic rings. The van der Waals surface area contributed by atoms with Crippen molar-refractivity contribution in [1.82, 2.24) is 4.98 Å². The lowest BCUT2D eigenvalue weighted by atomic mass is 10.1. The van der Waals surface area contributed by atoms with Crippen LogP contribution >= 0.6 is 0 Å². The van der Waals surface area contributed by atoms with E-state index in [4.69, 9.17) is 10.5 Å². The molecule has 21 heavy (non-hydrogen) atoms. The van der Waals surface area contributed by atoms with E-state index in [2.05, 4.69) is 4.98 Å². The van der Waals surface area contributed by atoms with Gasteiger partial charge in [0.2, 0.25) is 5.75 Å². The number of halogens is 3. The molecule has 6 nitrogen and oxygen atoms in total. The van der Waals surface area contributed by atoms with Gasteiger partial charge < -0.3 is 10.5 Å². The Morgan fingerprint density at radius 2 is 2.19 bits per heavy atom. The van der Waals surface area contributed by atoms with Crippen molar-refractivity contribution in [2.45, 2.75) is 31.5 Å². The first kappa shape index (κ1) is 15.5. The summed E-state index contributed by atoms with van der Waals surface area (Å²) in [5.74, 6) is -0.417. The third-order valence-electron chi connectivity index (χ3n) is 3.50. The first-order chi connectivity index (χ1) is 9.82. The van der Waals surface area contributed by atoms with Crippen LogP contribution in [0.4, 0.5) is 18.9 Å². The molecule has 0 spiro atoms. The maximum absolute atomic E-state index is 12.6. The summed E-state index contributed by atoms with van der Waals surface area (Å²) in [6, 6.07) is 0.573. The van der Waals surface area contributed by atoms with E-state index in [0.29, 0.717) is 25.2 Å². The minimum Gasteiger partial charge on any atom is -0.483 e. The van der Waals surface area contributed by atoms with Crippen LogP contribution in [-0.2, 0) is 6.18 Å². The van der Waals surface area contributed by atoms with E-state index in [1.54, 1.807) is 0 Å². The monoisotopic (exact) mass is 305 g/mol. The Kier molecular flexibility index (Phi) is 4.31. The van der Waals surface area contributed by atoms with Crippen molar-refractivity contribution < 1.29 is 22.8 Å². The molecule has 2 atom stereocenters. The molecule has 116 valence electrons. The van der Waals surface area contributed by atoms with Crippen LogP contribution in [-0.4, -0.2) is 22.6 Å². The zero-order valence-corrected chi connectivity index (χ0v) is 11.0. The van der Waals surface area contributed by atoms with E-state index < -0.39 is 34.3 Å². The van der Waals surface area contributed by atoms with Crippen molar-refractivity contribution in [3.05, 3.63) is 28.1 Å². The number of pyridine rings is 1. The highest BCUT2D eigenvalue weighted by Crippen LogP contribution is 2.37. The third-order valence-corrected chi connectivity index (χ3v) is 3.50. The lowest BCUT2D eigenvalue weighted by Gasteiger charge is -2.20. The molecule has 0 aromatic carbocycles. The second-order valence-electron chi connectivity index (χ2n) is 4.88. The van der Waals surface area contributed by atoms with E-state index in [1.807, 2.05) is 0 Å². The second kappa shape index (κ2) is 5.84. The van der Waals surface area contributed by atoms with Crippen molar-refractivity contribution >= 4 is 5.69 Å². The van der Waals surface area contributed by atoms with Gasteiger partial charge in [0.25, 0.3) is 0 Å². The van der Waals surface area contributed by atoms with E-state index in [0.717, 1.165) is 12.8 Å². The van der Waals surface area contributed by atoms with Crippen molar-refractivity contribution in [3.8, 4) is 5.75 Å². The Bertz CT molecular complexity index is 536. The normalized spacial score (nSPS) is 22.3. The molecule has 1 heterocycles. The smallest absolute Gasteiger partial charge is 0.433 e. The van der Waals surface area contributed by atoms with Crippen molar-refractivity contribution in [2.24, 2.45) is 11.7 Å². The van der Waals surface area contributed by atoms with Gasteiger partial charge in [0.05, 0.1) is 4.92 Å². The van der Waals surface area contributed by atoms with Gasteiger partial charge in [0, 0.05) is 12.0 Å². The van der Waals surface area contributed by atoms with Crippen LogP contribution in [0.5, 0.6) is 5.75 Å². The van der Waals surface area contributed by atoms with E-state index in [-0.39, 0.29) is 5.92 Å². The summed E-state index contributed by atoms with van der Waals surface area (Å²) in [5, 5.41) is 10.9. The Balaban J connectivity index is 2.32. The van der Waals surface area contributed by atoms with E-state index >= 15 is 0 Å². The van der Waals surface area contributed by atoms with Crippen LogP contribution in [0.15, 0.2) is 12.3 Å². The van der Waals surface area contributed by atoms with Gasteiger partial charge >= 0.3 is 11.9 Å². The van der Waals surface area contributed by atoms with Crippen molar-refractivity contribution in [1.29, 1.82) is 0 Å². The van der Waals surface area contributed by atoms with Gasteiger partial charge in [-0.1, -0.05) is 0 Å². The number of aromatic nitrogens is 1. The van der Waals surface area contributed by atoms with E-state index in [9.17, 15) is 23.3 Å². The van der Waals surface area contributed by atoms with Gasteiger partial charge in [0.1, 0.15) is 18.0 Å². The standard InChI is InChI=1S/C12H14F3N3O3/c13-12(14,15)11-4-10(8(6-17-11)18(19)20)21-9-3-1-2-7(9)5-16/h4,6-7,9H,1-3,5,16H2. The highest BCUT2D eigenvalue weighted by atomic mass is 19.4. The fourth-order valence-electron chi connectivity index (χ4n) is 2.41.